The van der Waals surface area contributed by atoms with Crippen LogP contribution in [0.5, 0.6) is 0 Å². The monoisotopic (exact) mass is 669 g/mol. The first-order valence-corrected chi connectivity index (χ1v) is 24.3. The van der Waals surface area contributed by atoms with Gasteiger partial charge in [-0.3, -0.25) is 0 Å². The van der Waals surface area contributed by atoms with Crippen molar-refractivity contribution in [2.45, 2.75) is 199 Å². The zero-order valence-electron chi connectivity index (χ0n) is 32.3. The highest BCUT2D eigenvalue weighted by molar-refractivity contribution is 5.06. The van der Waals surface area contributed by atoms with Crippen LogP contribution < -0.4 is 0 Å². The van der Waals surface area contributed by atoms with Gasteiger partial charge in [0, 0.05) is 0 Å². The van der Waals surface area contributed by atoms with E-state index < -0.39 is 0 Å². The molecule has 10 fully saturated rings. The molecular formula is C49H80. The first kappa shape index (κ1) is 33.6. The summed E-state index contributed by atoms with van der Waals surface area (Å²) in [5.74, 6) is 20.3. The van der Waals surface area contributed by atoms with Gasteiger partial charge in [-0.2, -0.15) is 0 Å². The second-order valence-corrected chi connectivity index (χ2v) is 22.1. The van der Waals surface area contributed by atoms with Crippen LogP contribution in [0.3, 0.4) is 0 Å². The molecule has 0 radical (unpaired) electrons. The fraction of sp³-hybridized carbons (Fsp3) is 1.00. The Morgan fingerprint density at radius 1 is 0.163 bits per heavy atom. The molecule has 0 aromatic carbocycles. The van der Waals surface area contributed by atoms with Crippen LogP contribution in [0.15, 0.2) is 0 Å². The lowest BCUT2D eigenvalue weighted by atomic mass is 9.51. The highest BCUT2D eigenvalue weighted by atomic mass is 14.6. The first-order valence-electron chi connectivity index (χ1n) is 24.3. The molecule has 0 heteroatoms. The average Bonchev–Trinajstić information content (AvgIpc) is 3.55. The smallest absolute Gasteiger partial charge is 0.0321 e. The van der Waals surface area contributed by atoms with Crippen LogP contribution in [0.4, 0.5) is 0 Å². The van der Waals surface area contributed by atoms with E-state index in [1.807, 2.05) is 0 Å². The molecule has 0 aromatic heterocycles. The van der Waals surface area contributed by atoms with Gasteiger partial charge in [-0.1, -0.05) is 109 Å². The summed E-state index contributed by atoms with van der Waals surface area (Å²) >= 11 is 0. The van der Waals surface area contributed by atoms with Gasteiger partial charge < -0.3 is 0 Å². The van der Waals surface area contributed by atoms with Crippen molar-refractivity contribution >= 4 is 0 Å². The third-order valence-electron chi connectivity index (χ3n) is 20.5. The molecule has 276 valence electrons. The van der Waals surface area contributed by atoms with Crippen molar-refractivity contribution in [3.05, 3.63) is 0 Å². The van der Waals surface area contributed by atoms with Crippen molar-refractivity contribution < 1.29 is 0 Å². The Morgan fingerprint density at radius 2 is 0.551 bits per heavy atom. The molecule has 0 aliphatic heterocycles. The largest absolute Gasteiger partial charge is 0.0533 e. The molecule has 0 amide bonds. The number of fused-ring (bicyclic) bond motifs is 7. The summed E-state index contributed by atoms with van der Waals surface area (Å²) in [5, 5.41) is 0. The Balaban J connectivity index is 0.904. The molecule has 0 spiro atoms. The fourth-order valence-corrected chi connectivity index (χ4v) is 18.6. The minimum absolute atomic E-state index is 1.11. The van der Waals surface area contributed by atoms with E-state index in [0.717, 1.165) is 107 Å². The van der Waals surface area contributed by atoms with Crippen molar-refractivity contribution in [2.24, 2.45) is 107 Å². The van der Waals surface area contributed by atoms with Gasteiger partial charge in [0.2, 0.25) is 0 Å². The first-order chi connectivity index (χ1) is 24.3. The van der Waals surface area contributed by atoms with Gasteiger partial charge >= 0.3 is 0 Å². The molecule has 0 nitrogen and oxygen atoms in total. The Morgan fingerprint density at radius 3 is 1.33 bits per heavy atom. The van der Waals surface area contributed by atoms with Gasteiger partial charge in [0.05, 0.1) is 0 Å². The van der Waals surface area contributed by atoms with Gasteiger partial charge in [-0.25, -0.2) is 0 Å². The van der Waals surface area contributed by atoms with E-state index in [4.69, 9.17) is 0 Å². The van der Waals surface area contributed by atoms with E-state index in [-0.39, 0.29) is 0 Å². The van der Waals surface area contributed by atoms with Gasteiger partial charge in [0.1, 0.15) is 0 Å². The molecule has 0 N–H and O–H groups in total. The van der Waals surface area contributed by atoms with Crippen molar-refractivity contribution in [3.8, 4) is 0 Å². The van der Waals surface area contributed by atoms with Crippen LogP contribution in [-0.4, -0.2) is 0 Å². The van der Waals surface area contributed by atoms with Gasteiger partial charge in [-0.05, 0) is 196 Å². The zero-order valence-corrected chi connectivity index (χ0v) is 32.3. The average molecular weight is 669 g/mol. The lowest BCUT2D eigenvalue weighted by Gasteiger charge is -2.54. The fourth-order valence-electron chi connectivity index (χ4n) is 18.6. The summed E-state index contributed by atoms with van der Waals surface area (Å²) in [4.78, 5) is 0. The van der Waals surface area contributed by atoms with Crippen molar-refractivity contribution in [1.82, 2.24) is 0 Å². The Kier molecular flexibility index (Phi) is 10.1. The van der Waals surface area contributed by atoms with Crippen LogP contribution in [0, 0.1) is 107 Å². The van der Waals surface area contributed by atoms with Crippen LogP contribution in [-0.2, 0) is 0 Å². The summed E-state index contributed by atoms with van der Waals surface area (Å²) in [5.41, 5.74) is 0. The summed E-state index contributed by atoms with van der Waals surface area (Å²) in [7, 11) is 0. The lowest BCUT2D eigenvalue weighted by molar-refractivity contribution is -0.0421. The van der Waals surface area contributed by atoms with Crippen LogP contribution in [0.25, 0.3) is 0 Å². The second-order valence-electron chi connectivity index (χ2n) is 22.1. The minimum Gasteiger partial charge on any atom is -0.0533 e. The molecular weight excluding hydrogens is 589 g/mol. The molecule has 16 atom stereocenters. The Hall–Kier alpha value is 0. The summed E-state index contributed by atoms with van der Waals surface area (Å²) in [6.07, 6.45) is 50.2. The Bertz CT molecular complexity index is 1080. The third kappa shape index (κ3) is 6.50. The number of rotatable bonds is 4. The van der Waals surface area contributed by atoms with E-state index in [9.17, 15) is 0 Å². The van der Waals surface area contributed by atoms with E-state index in [1.54, 1.807) is 199 Å². The van der Waals surface area contributed by atoms with E-state index in [2.05, 4.69) is 0 Å². The highest BCUT2D eigenvalue weighted by Gasteiger charge is 2.57. The zero-order chi connectivity index (χ0) is 32.3. The number of hydrogen-bond donors (Lipinski definition) is 0. The molecule has 0 aromatic rings. The van der Waals surface area contributed by atoms with Gasteiger partial charge in [0.15, 0.2) is 0 Å². The maximum Gasteiger partial charge on any atom is -0.0321 e. The quantitative estimate of drug-likeness (QED) is 0.280. The molecule has 0 bridgehead atoms. The molecule has 0 heterocycles. The maximum absolute atomic E-state index is 1.71. The third-order valence-corrected chi connectivity index (χ3v) is 20.5. The molecule has 0 saturated heterocycles. The summed E-state index contributed by atoms with van der Waals surface area (Å²) < 4.78 is 0. The van der Waals surface area contributed by atoms with Crippen LogP contribution >= 0.6 is 0 Å². The van der Waals surface area contributed by atoms with E-state index in [0.29, 0.717) is 0 Å². The van der Waals surface area contributed by atoms with Gasteiger partial charge in [0.25, 0.3) is 0 Å². The molecule has 16 unspecified atom stereocenters. The van der Waals surface area contributed by atoms with Gasteiger partial charge in [-0.15, -0.1) is 0 Å². The molecule has 49 heavy (non-hydrogen) atoms. The van der Waals surface area contributed by atoms with Crippen LogP contribution in [0.2, 0.25) is 0 Å². The predicted octanol–water partition coefficient (Wildman–Crippen LogP) is 14.3. The van der Waals surface area contributed by atoms with Crippen molar-refractivity contribution in [1.29, 1.82) is 0 Å². The summed E-state index contributed by atoms with van der Waals surface area (Å²) in [6, 6.07) is 0. The molecule has 10 aliphatic carbocycles. The van der Waals surface area contributed by atoms with E-state index >= 15 is 0 Å². The minimum atomic E-state index is 1.11. The molecule has 10 saturated carbocycles. The SMILES string of the molecule is C1CCC(C2CC(C3CCC4C(CCC5CCCCC54)C3)CC(C3CCC(C4CCCCC4)C4C5CC6CCCCC6CC5CC34)C2)CC1. The normalized spacial score (nSPS) is 52.7. The number of hydrogen-bond acceptors (Lipinski definition) is 0. The standard InChI is InChI=1S/C49H80/c1-3-11-32(12-4-1)39-27-40(37-21-22-44-38(25-37)20-19-34-15-9-10-18-43(34)44)29-41(28-39)45-23-24-46(33-13-5-2-6-14-33)49-47-30-36-17-8-7-16-35(36)26-42(47)31-48(45)49/h32-49H,1-31H2. The summed E-state index contributed by atoms with van der Waals surface area (Å²) in [6.45, 7) is 0. The maximum atomic E-state index is 1.71. The second kappa shape index (κ2) is 14.7. The highest BCUT2D eigenvalue weighted by Crippen LogP contribution is 2.65. The van der Waals surface area contributed by atoms with Crippen molar-refractivity contribution in [2.75, 3.05) is 0 Å². The molecule has 10 aliphatic rings. The van der Waals surface area contributed by atoms with Crippen molar-refractivity contribution in [3.63, 3.8) is 0 Å². The lowest BCUT2D eigenvalue weighted by Crippen LogP contribution is -2.45. The van der Waals surface area contributed by atoms with E-state index in [1.165, 1.54) is 0 Å². The predicted molar refractivity (Wildman–Crippen MR) is 206 cm³/mol. The topological polar surface area (TPSA) is 0 Å². The van der Waals surface area contributed by atoms with Crippen LogP contribution in [0.1, 0.15) is 199 Å². The molecule has 10 rings (SSSR count). The Labute approximate surface area is 304 Å².